The lowest BCUT2D eigenvalue weighted by Gasteiger charge is -2.18. The second kappa shape index (κ2) is 14.4. The molecule has 1 aliphatic rings. The molecule has 0 amide bonds. The van der Waals surface area contributed by atoms with E-state index < -0.39 is 10.0 Å². The van der Waals surface area contributed by atoms with Crippen LogP contribution in [0.5, 0.6) is 5.88 Å². The minimum absolute atomic E-state index is 0.0330. The summed E-state index contributed by atoms with van der Waals surface area (Å²) in [6.07, 6.45) is 4.47. The standard InChI is InChI=1S/C15H14N2OS.C9H20.C6H13NO2S/c1-10(2)18-15-14(13-8-5-9-19-13)16-11-6-3-4-7-12(11)17-15;1-8(2)6-7-9(3,4)5;1-5(2)7-10(8,9)6-3-4-6/h3-10H,1-2H3;8H,6-7H2,1-5H3;5-7H,3-4H2,1-2H3. The van der Waals surface area contributed by atoms with Gasteiger partial charge in [0.2, 0.25) is 15.9 Å². The summed E-state index contributed by atoms with van der Waals surface area (Å²) in [5.41, 5.74) is 3.10. The van der Waals surface area contributed by atoms with Crippen molar-refractivity contribution in [3.8, 4) is 16.5 Å². The lowest BCUT2D eigenvalue weighted by atomic mass is 9.88. The van der Waals surface area contributed by atoms with Crippen LogP contribution < -0.4 is 9.46 Å². The highest BCUT2D eigenvalue weighted by molar-refractivity contribution is 7.90. The quantitative estimate of drug-likeness (QED) is 0.301. The van der Waals surface area contributed by atoms with Crippen molar-refractivity contribution in [3.05, 3.63) is 41.8 Å². The molecule has 2 aromatic heterocycles. The van der Waals surface area contributed by atoms with Crippen molar-refractivity contribution < 1.29 is 13.2 Å². The average molecular weight is 562 g/mol. The number of thiophene rings is 1. The molecule has 2 heterocycles. The number of rotatable bonds is 8. The third kappa shape index (κ3) is 11.8. The van der Waals surface area contributed by atoms with E-state index in [1.54, 1.807) is 11.3 Å². The molecule has 0 atom stereocenters. The molecule has 1 aliphatic carbocycles. The predicted octanol–water partition coefficient (Wildman–Crippen LogP) is 8.09. The number of benzene rings is 1. The Balaban J connectivity index is 0.000000226. The van der Waals surface area contributed by atoms with Crippen molar-refractivity contribution in [2.45, 2.75) is 105 Å². The van der Waals surface area contributed by atoms with Crippen molar-refractivity contribution >= 4 is 32.4 Å². The molecular formula is C30H47N3O3S2. The third-order valence-electron chi connectivity index (χ3n) is 5.48. The van der Waals surface area contributed by atoms with E-state index in [4.69, 9.17) is 9.72 Å². The summed E-state index contributed by atoms with van der Waals surface area (Å²) in [7, 11) is -2.94. The zero-order chi connectivity index (χ0) is 28.5. The number of nitrogens with zero attached hydrogens (tertiary/aromatic N) is 2. The molecule has 0 saturated heterocycles. The summed E-state index contributed by atoms with van der Waals surface area (Å²) in [5.74, 6) is 1.47. The summed E-state index contributed by atoms with van der Waals surface area (Å²) >= 11 is 1.64. The molecule has 0 bridgehead atoms. The van der Waals surface area contributed by atoms with Crippen LogP contribution in [0.15, 0.2) is 41.8 Å². The number of para-hydroxylation sites is 2. The maximum Gasteiger partial charge on any atom is 0.242 e. The maximum atomic E-state index is 11.1. The van der Waals surface area contributed by atoms with Crippen LogP contribution in [0.1, 0.15) is 88.0 Å². The van der Waals surface area contributed by atoms with Crippen LogP contribution >= 0.6 is 11.3 Å². The molecule has 1 saturated carbocycles. The van der Waals surface area contributed by atoms with E-state index in [2.05, 4.69) is 44.3 Å². The van der Waals surface area contributed by atoms with Gasteiger partial charge in [-0.2, -0.15) is 0 Å². The highest BCUT2D eigenvalue weighted by atomic mass is 32.2. The minimum atomic E-state index is -2.94. The van der Waals surface area contributed by atoms with Crippen molar-refractivity contribution in [2.24, 2.45) is 11.3 Å². The Kier molecular flexibility index (Phi) is 12.2. The molecule has 8 heteroatoms. The van der Waals surface area contributed by atoms with Crippen LogP contribution in [-0.4, -0.2) is 35.8 Å². The number of aromatic nitrogens is 2. The Hall–Kier alpha value is -2.03. The minimum Gasteiger partial charge on any atom is -0.473 e. The highest BCUT2D eigenvalue weighted by Gasteiger charge is 2.35. The number of hydrogen-bond donors (Lipinski definition) is 1. The van der Waals surface area contributed by atoms with Crippen LogP contribution in [0.3, 0.4) is 0 Å². The molecule has 3 aromatic rings. The summed E-state index contributed by atoms with van der Waals surface area (Å²) in [5, 5.41) is 1.95. The van der Waals surface area contributed by atoms with Gasteiger partial charge in [0.05, 0.1) is 27.3 Å². The van der Waals surface area contributed by atoms with Crippen molar-refractivity contribution in [1.29, 1.82) is 0 Å². The normalized spacial score (nSPS) is 13.8. The van der Waals surface area contributed by atoms with E-state index in [0.29, 0.717) is 11.3 Å². The predicted molar refractivity (Wildman–Crippen MR) is 162 cm³/mol. The Morgan fingerprint density at radius 2 is 1.58 bits per heavy atom. The molecule has 0 aliphatic heterocycles. The maximum absolute atomic E-state index is 11.1. The van der Waals surface area contributed by atoms with Gasteiger partial charge in [-0.15, -0.1) is 11.3 Å². The first kappa shape index (κ1) is 32.2. The molecule has 1 fully saturated rings. The lowest BCUT2D eigenvalue weighted by Crippen LogP contribution is -2.32. The SMILES string of the molecule is CC(C)CCC(C)(C)C.CC(C)NS(=O)(=O)C1CC1.CC(C)Oc1nc2ccccc2nc1-c1cccs1. The van der Waals surface area contributed by atoms with E-state index in [1.807, 2.05) is 69.5 Å². The molecule has 4 rings (SSSR count). The van der Waals surface area contributed by atoms with Crippen molar-refractivity contribution in [2.75, 3.05) is 0 Å². The first-order chi connectivity index (χ1) is 17.7. The van der Waals surface area contributed by atoms with Gasteiger partial charge >= 0.3 is 0 Å². The van der Waals surface area contributed by atoms with Crippen LogP contribution in [-0.2, 0) is 10.0 Å². The lowest BCUT2D eigenvalue weighted by molar-refractivity contribution is 0.234. The third-order valence-corrected chi connectivity index (χ3v) is 8.50. The van der Waals surface area contributed by atoms with Gasteiger partial charge < -0.3 is 4.74 Å². The Bertz CT molecular complexity index is 1210. The number of nitrogens with one attached hydrogen (secondary N) is 1. The molecule has 38 heavy (non-hydrogen) atoms. The van der Waals surface area contributed by atoms with E-state index in [9.17, 15) is 8.42 Å². The summed E-state index contributed by atoms with van der Waals surface area (Å²) in [6.45, 7) is 19.1. The van der Waals surface area contributed by atoms with E-state index >= 15 is 0 Å². The molecule has 1 N–H and O–H groups in total. The zero-order valence-corrected chi connectivity index (χ0v) is 26.2. The number of ether oxygens (including phenoxy) is 1. The highest BCUT2D eigenvalue weighted by Crippen LogP contribution is 2.32. The molecule has 212 valence electrons. The average Bonchev–Trinajstić information content (AvgIpc) is 3.53. The zero-order valence-electron chi connectivity index (χ0n) is 24.6. The van der Waals surface area contributed by atoms with E-state index in [0.717, 1.165) is 40.4 Å². The number of hydrogen-bond acceptors (Lipinski definition) is 6. The van der Waals surface area contributed by atoms with Gasteiger partial charge in [0.1, 0.15) is 5.69 Å². The molecule has 6 nitrogen and oxygen atoms in total. The Morgan fingerprint density at radius 3 is 2.00 bits per heavy atom. The fourth-order valence-corrected chi connectivity index (χ4v) is 5.70. The van der Waals surface area contributed by atoms with Crippen molar-refractivity contribution in [1.82, 2.24) is 14.7 Å². The fourth-order valence-electron chi connectivity index (χ4n) is 3.39. The van der Waals surface area contributed by atoms with Crippen LogP contribution in [0.2, 0.25) is 0 Å². The molecule has 0 radical (unpaired) electrons. The second-order valence-corrected chi connectivity index (χ2v) is 15.0. The first-order valence-corrected chi connectivity index (χ1v) is 16.1. The first-order valence-electron chi connectivity index (χ1n) is 13.7. The molecule has 1 aromatic carbocycles. The van der Waals surface area contributed by atoms with Crippen LogP contribution in [0.4, 0.5) is 0 Å². The Morgan fingerprint density at radius 1 is 0.974 bits per heavy atom. The molecule has 0 spiro atoms. The van der Waals surface area contributed by atoms with Gasteiger partial charge in [-0.05, 0) is 81.9 Å². The van der Waals surface area contributed by atoms with Gasteiger partial charge in [-0.3, -0.25) is 0 Å². The largest absolute Gasteiger partial charge is 0.473 e. The van der Waals surface area contributed by atoms with Gasteiger partial charge in [0, 0.05) is 6.04 Å². The van der Waals surface area contributed by atoms with Gasteiger partial charge in [0.15, 0.2) is 0 Å². The van der Waals surface area contributed by atoms with Gasteiger partial charge in [0.25, 0.3) is 0 Å². The molecule has 0 unspecified atom stereocenters. The van der Waals surface area contributed by atoms with Gasteiger partial charge in [-0.25, -0.2) is 23.1 Å². The summed E-state index contributed by atoms with van der Waals surface area (Å²) in [6, 6.07) is 11.9. The second-order valence-electron chi connectivity index (χ2n) is 12.0. The van der Waals surface area contributed by atoms with Crippen LogP contribution in [0.25, 0.3) is 21.6 Å². The monoisotopic (exact) mass is 561 g/mol. The summed E-state index contributed by atoms with van der Waals surface area (Å²) < 4.78 is 30.5. The van der Waals surface area contributed by atoms with Gasteiger partial charge in [-0.1, -0.05) is 59.2 Å². The number of sulfonamides is 1. The fraction of sp³-hybridized carbons (Fsp3) is 0.600. The Labute approximate surface area is 234 Å². The number of fused-ring (bicyclic) bond motifs is 1. The smallest absolute Gasteiger partial charge is 0.242 e. The van der Waals surface area contributed by atoms with E-state index in [1.165, 1.54) is 12.8 Å². The topological polar surface area (TPSA) is 81.2 Å². The van der Waals surface area contributed by atoms with E-state index in [-0.39, 0.29) is 17.4 Å². The van der Waals surface area contributed by atoms with Crippen LogP contribution in [0, 0.1) is 11.3 Å². The van der Waals surface area contributed by atoms with Crippen molar-refractivity contribution in [3.63, 3.8) is 0 Å². The molecular weight excluding hydrogens is 514 g/mol. The summed E-state index contributed by atoms with van der Waals surface area (Å²) in [4.78, 5) is 10.4.